The lowest BCUT2D eigenvalue weighted by Crippen LogP contribution is -2.40. The van der Waals surface area contributed by atoms with Gasteiger partial charge < -0.3 is 5.32 Å². The summed E-state index contributed by atoms with van der Waals surface area (Å²) in [6.45, 7) is 2.78. The van der Waals surface area contributed by atoms with Crippen LogP contribution in [0.2, 0.25) is 0 Å². The summed E-state index contributed by atoms with van der Waals surface area (Å²) in [5.41, 5.74) is -1.81. The molecule has 1 aliphatic heterocycles. The van der Waals surface area contributed by atoms with Crippen LogP contribution in [0.15, 0.2) is 18.2 Å². The van der Waals surface area contributed by atoms with E-state index in [4.69, 9.17) is 0 Å². The van der Waals surface area contributed by atoms with E-state index in [0.717, 1.165) is 31.5 Å². The molecule has 1 nitrogen and oxygen atoms in total. The molecule has 2 unspecified atom stereocenters. The van der Waals surface area contributed by atoms with E-state index in [0.29, 0.717) is 6.54 Å². The van der Waals surface area contributed by atoms with E-state index in [9.17, 15) is 13.2 Å². The van der Waals surface area contributed by atoms with Crippen LogP contribution in [0.4, 0.5) is 13.2 Å². The number of hydrogen-bond donors (Lipinski definition) is 1. The highest BCUT2D eigenvalue weighted by Crippen LogP contribution is 2.38. The molecule has 1 aromatic rings. The largest absolute Gasteiger partial charge is 0.316 e. The van der Waals surface area contributed by atoms with Gasteiger partial charge in [-0.2, -0.15) is 0 Å². The van der Waals surface area contributed by atoms with Crippen LogP contribution in [-0.4, -0.2) is 13.1 Å². The van der Waals surface area contributed by atoms with Gasteiger partial charge in [0.15, 0.2) is 0 Å². The van der Waals surface area contributed by atoms with Crippen molar-refractivity contribution in [3.05, 3.63) is 35.4 Å². The maximum atomic E-state index is 14.7. The molecular formula is C13H16F3N. The molecule has 17 heavy (non-hydrogen) atoms. The Labute approximate surface area is 99.0 Å². The Balaban J connectivity index is 2.29. The molecule has 1 N–H and O–H groups in total. The van der Waals surface area contributed by atoms with E-state index >= 15 is 0 Å². The monoisotopic (exact) mass is 243 g/mol. The van der Waals surface area contributed by atoms with Crippen molar-refractivity contribution >= 4 is 0 Å². The van der Waals surface area contributed by atoms with Crippen molar-refractivity contribution in [2.75, 3.05) is 13.1 Å². The average Bonchev–Trinajstić information content (AvgIpc) is 2.29. The molecular weight excluding hydrogens is 227 g/mol. The zero-order valence-electron chi connectivity index (χ0n) is 9.77. The first-order valence-corrected chi connectivity index (χ1v) is 5.87. The van der Waals surface area contributed by atoms with Gasteiger partial charge in [0.05, 0.1) is 0 Å². The lowest BCUT2D eigenvalue weighted by Gasteiger charge is -2.34. The molecule has 2 atom stereocenters. The van der Waals surface area contributed by atoms with Gasteiger partial charge in [0.25, 0.3) is 0 Å². The first-order chi connectivity index (χ1) is 8.01. The number of halogens is 3. The maximum absolute atomic E-state index is 14.7. The van der Waals surface area contributed by atoms with Crippen LogP contribution in [0, 0.1) is 17.6 Å². The predicted octanol–water partition coefficient (Wildman–Crippen LogP) is 3.15. The SMILES string of the molecule is CC(F)(c1ccc(F)cc1F)C1CCCNC1. The topological polar surface area (TPSA) is 12.0 Å². The molecule has 0 aliphatic carbocycles. The fourth-order valence-corrected chi connectivity index (χ4v) is 2.42. The number of nitrogens with one attached hydrogen (secondary N) is 1. The highest BCUT2D eigenvalue weighted by atomic mass is 19.2. The Bertz CT molecular complexity index is 398. The molecule has 1 aromatic carbocycles. The minimum absolute atomic E-state index is 0.0485. The number of piperidine rings is 1. The van der Waals surface area contributed by atoms with Crippen molar-refractivity contribution in [2.45, 2.75) is 25.4 Å². The Morgan fingerprint density at radius 3 is 2.71 bits per heavy atom. The molecule has 0 amide bonds. The van der Waals surface area contributed by atoms with Gasteiger partial charge in [-0.15, -0.1) is 0 Å². The van der Waals surface area contributed by atoms with E-state index in [1.807, 2.05) is 0 Å². The van der Waals surface area contributed by atoms with Crippen molar-refractivity contribution in [1.29, 1.82) is 0 Å². The second-order valence-corrected chi connectivity index (χ2v) is 4.74. The maximum Gasteiger partial charge on any atom is 0.140 e. The van der Waals surface area contributed by atoms with Crippen LogP contribution in [0.5, 0.6) is 0 Å². The highest BCUT2D eigenvalue weighted by molar-refractivity contribution is 5.25. The van der Waals surface area contributed by atoms with Crippen molar-refractivity contribution < 1.29 is 13.2 Å². The molecule has 0 spiro atoms. The zero-order valence-corrected chi connectivity index (χ0v) is 9.77. The van der Waals surface area contributed by atoms with E-state index in [-0.39, 0.29) is 11.5 Å². The standard InChI is InChI=1S/C13H16F3N/c1-13(16,9-3-2-6-17-8-9)11-5-4-10(14)7-12(11)15/h4-5,7,9,17H,2-3,6,8H2,1H3. The Morgan fingerprint density at radius 2 is 2.12 bits per heavy atom. The van der Waals surface area contributed by atoms with E-state index in [1.165, 1.54) is 13.0 Å². The summed E-state index contributed by atoms with van der Waals surface area (Å²) in [6, 6.07) is 3.05. The fourth-order valence-electron chi connectivity index (χ4n) is 2.42. The molecule has 94 valence electrons. The van der Waals surface area contributed by atoms with E-state index in [1.54, 1.807) is 0 Å². The van der Waals surface area contributed by atoms with Crippen LogP contribution < -0.4 is 5.32 Å². The van der Waals surface area contributed by atoms with Crippen LogP contribution >= 0.6 is 0 Å². The van der Waals surface area contributed by atoms with Crippen LogP contribution in [0.3, 0.4) is 0 Å². The molecule has 0 bridgehead atoms. The van der Waals surface area contributed by atoms with Gasteiger partial charge in [0.2, 0.25) is 0 Å². The second-order valence-electron chi connectivity index (χ2n) is 4.74. The molecule has 1 heterocycles. The van der Waals surface area contributed by atoms with Gasteiger partial charge in [0.1, 0.15) is 17.3 Å². The number of alkyl halides is 1. The van der Waals surface area contributed by atoms with Crippen molar-refractivity contribution in [3.63, 3.8) is 0 Å². The summed E-state index contributed by atoms with van der Waals surface area (Å²) in [5.74, 6) is -1.75. The Morgan fingerprint density at radius 1 is 1.35 bits per heavy atom. The molecule has 1 saturated heterocycles. The summed E-state index contributed by atoms with van der Waals surface area (Å²) in [7, 11) is 0. The summed E-state index contributed by atoms with van der Waals surface area (Å²) >= 11 is 0. The third-order valence-corrected chi connectivity index (χ3v) is 3.52. The van der Waals surface area contributed by atoms with Crippen LogP contribution in [0.1, 0.15) is 25.3 Å². The van der Waals surface area contributed by atoms with Crippen molar-refractivity contribution in [1.82, 2.24) is 5.32 Å². The summed E-state index contributed by atoms with van der Waals surface area (Å²) in [6.07, 6.45) is 1.60. The van der Waals surface area contributed by atoms with Gasteiger partial charge in [-0.05, 0) is 38.4 Å². The van der Waals surface area contributed by atoms with E-state index < -0.39 is 17.3 Å². The minimum Gasteiger partial charge on any atom is -0.316 e. The summed E-state index contributed by atoms with van der Waals surface area (Å²) in [4.78, 5) is 0. The number of rotatable bonds is 2. The van der Waals surface area contributed by atoms with Crippen molar-refractivity contribution in [2.24, 2.45) is 5.92 Å². The lowest BCUT2D eigenvalue weighted by atomic mass is 9.80. The Kier molecular flexibility index (Phi) is 3.43. The summed E-state index contributed by atoms with van der Waals surface area (Å²) in [5, 5.41) is 3.11. The number of hydrogen-bond acceptors (Lipinski definition) is 1. The van der Waals surface area contributed by atoms with Gasteiger partial charge in [-0.3, -0.25) is 0 Å². The number of benzene rings is 1. The third-order valence-electron chi connectivity index (χ3n) is 3.52. The Hall–Kier alpha value is -1.03. The zero-order chi connectivity index (χ0) is 12.5. The minimum atomic E-state index is -1.76. The molecule has 0 aromatic heterocycles. The second kappa shape index (κ2) is 4.69. The van der Waals surface area contributed by atoms with Crippen molar-refractivity contribution in [3.8, 4) is 0 Å². The molecule has 1 aliphatic rings. The first kappa shape index (κ1) is 12.4. The lowest BCUT2D eigenvalue weighted by molar-refractivity contribution is 0.0771. The predicted molar refractivity (Wildman–Crippen MR) is 60.4 cm³/mol. The molecule has 4 heteroatoms. The average molecular weight is 243 g/mol. The quantitative estimate of drug-likeness (QED) is 0.841. The highest BCUT2D eigenvalue weighted by Gasteiger charge is 2.38. The first-order valence-electron chi connectivity index (χ1n) is 5.87. The normalized spacial score (nSPS) is 24.4. The van der Waals surface area contributed by atoms with Gasteiger partial charge >= 0.3 is 0 Å². The summed E-state index contributed by atoms with van der Waals surface area (Å²) < 4.78 is 41.1. The fraction of sp³-hybridized carbons (Fsp3) is 0.538. The molecule has 0 radical (unpaired) electrons. The van der Waals surface area contributed by atoms with Crippen LogP contribution in [-0.2, 0) is 5.67 Å². The molecule has 2 rings (SSSR count). The molecule has 0 saturated carbocycles. The van der Waals surface area contributed by atoms with E-state index in [2.05, 4.69) is 5.32 Å². The van der Waals surface area contributed by atoms with Gasteiger partial charge in [-0.25, -0.2) is 13.2 Å². The van der Waals surface area contributed by atoms with Crippen LogP contribution in [0.25, 0.3) is 0 Å². The molecule has 1 fully saturated rings. The smallest absolute Gasteiger partial charge is 0.140 e. The van der Waals surface area contributed by atoms with Gasteiger partial charge in [0, 0.05) is 24.1 Å². The van der Waals surface area contributed by atoms with Gasteiger partial charge in [-0.1, -0.05) is 0 Å². The third kappa shape index (κ3) is 2.46.